The molecule has 0 saturated carbocycles. The molecular weight excluding hydrogens is 456 g/mol. The van der Waals surface area contributed by atoms with E-state index < -0.39 is 0 Å². The first-order chi connectivity index (χ1) is 15.6. The highest BCUT2D eigenvalue weighted by atomic mass is 35.5. The molecule has 1 fully saturated rings. The van der Waals surface area contributed by atoms with Crippen molar-refractivity contribution in [1.82, 2.24) is 15.2 Å². The Hall–Kier alpha value is -2.64. The molecule has 2 aromatic rings. The molecule has 1 saturated heterocycles. The first-order valence-electron chi connectivity index (χ1n) is 11.0. The predicted molar refractivity (Wildman–Crippen MR) is 136 cm³/mol. The highest BCUT2D eigenvalue weighted by molar-refractivity contribution is 7.80. The fourth-order valence-corrected chi connectivity index (χ4v) is 5.31. The van der Waals surface area contributed by atoms with Crippen molar-refractivity contribution in [3.63, 3.8) is 0 Å². The molecule has 0 amide bonds. The molecule has 0 aliphatic carbocycles. The molecule has 174 valence electrons. The van der Waals surface area contributed by atoms with Gasteiger partial charge >= 0.3 is 5.97 Å². The average molecular weight is 485 g/mol. The largest absolute Gasteiger partial charge is 0.469 e. The Morgan fingerprint density at radius 1 is 1.33 bits per heavy atom. The number of anilines is 1. The summed E-state index contributed by atoms with van der Waals surface area (Å²) in [6, 6.07) is 9.61. The smallest absolute Gasteiger partial charge is 0.307 e. The molecule has 0 bridgehead atoms. The Balaban J connectivity index is 1.82. The second-order valence-corrected chi connectivity index (χ2v) is 9.87. The number of esters is 1. The quantitative estimate of drug-likeness (QED) is 0.478. The molecule has 1 aromatic heterocycles. The number of halogens is 1. The number of nitrogens with one attached hydrogen (secondary N) is 1. The van der Waals surface area contributed by atoms with E-state index in [2.05, 4.69) is 55.2 Å². The fourth-order valence-electron chi connectivity index (χ4n) is 4.71. The number of benzene rings is 1. The Morgan fingerprint density at radius 3 is 2.76 bits per heavy atom. The van der Waals surface area contributed by atoms with Crippen LogP contribution in [0, 0.1) is 0 Å². The summed E-state index contributed by atoms with van der Waals surface area (Å²) >= 11 is 12.6. The lowest BCUT2D eigenvalue weighted by molar-refractivity contribution is -0.140. The predicted octanol–water partition coefficient (Wildman–Crippen LogP) is 4.90. The lowest BCUT2D eigenvalue weighted by Gasteiger charge is -2.41. The number of aromatic nitrogens is 1. The van der Waals surface area contributed by atoms with Crippen LogP contribution in [0.15, 0.2) is 42.6 Å². The highest BCUT2D eigenvalue weighted by Crippen LogP contribution is 2.46. The normalized spacial score (nSPS) is 21.4. The van der Waals surface area contributed by atoms with Crippen LogP contribution in [-0.2, 0) is 9.53 Å². The summed E-state index contributed by atoms with van der Waals surface area (Å²) in [5, 5.41) is 4.64. The van der Waals surface area contributed by atoms with Crippen LogP contribution >= 0.6 is 23.8 Å². The van der Waals surface area contributed by atoms with Crippen LogP contribution in [0.1, 0.15) is 56.1 Å². The van der Waals surface area contributed by atoms with Gasteiger partial charge in [0.25, 0.3) is 0 Å². The van der Waals surface area contributed by atoms with E-state index >= 15 is 0 Å². The molecule has 0 unspecified atom stereocenters. The minimum atomic E-state index is -0.281. The van der Waals surface area contributed by atoms with E-state index in [1.807, 2.05) is 29.2 Å². The van der Waals surface area contributed by atoms with Crippen molar-refractivity contribution in [2.45, 2.75) is 44.8 Å². The van der Waals surface area contributed by atoms with E-state index in [9.17, 15) is 4.79 Å². The van der Waals surface area contributed by atoms with Crippen LogP contribution in [0.2, 0.25) is 5.02 Å². The zero-order chi connectivity index (χ0) is 23.9. The second kappa shape index (κ2) is 8.95. The zero-order valence-electron chi connectivity index (χ0n) is 19.6. The van der Waals surface area contributed by atoms with Crippen LogP contribution in [0.4, 0.5) is 5.69 Å². The number of carbonyl (C=O) groups is 1. The number of carbonyl (C=O) groups excluding carboxylic acids is 1. The third-order valence-corrected chi connectivity index (χ3v) is 7.32. The van der Waals surface area contributed by atoms with Crippen LogP contribution in [0.25, 0.3) is 5.57 Å². The lowest BCUT2D eigenvalue weighted by Crippen LogP contribution is -2.42. The molecule has 2 aliphatic heterocycles. The van der Waals surface area contributed by atoms with Gasteiger partial charge in [0, 0.05) is 36.1 Å². The van der Waals surface area contributed by atoms with Crippen LogP contribution in [0.5, 0.6) is 0 Å². The highest BCUT2D eigenvalue weighted by Gasteiger charge is 2.41. The number of methoxy groups -OCH3 is 1. The van der Waals surface area contributed by atoms with Crippen molar-refractivity contribution in [1.29, 1.82) is 0 Å². The molecule has 1 N–H and O–H groups in total. The topological polar surface area (TPSA) is 57.7 Å². The molecule has 0 spiro atoms. The van der Waals surface area contributed by atoms with Gasteiger partial charge in [0.15, 0.2) is 5.11 Å². The number of hydrogen-bond acceptors (Lipinski definition) is 5. The van der Waals surface area contributed by atoms with Crippen LogP contribution in [-0.4, -0.2) is 47.2 Å². The Bertz CT molecular complexity index is 1120. The minimum Gasteiger partial charge on any atom is -0.469 e. The minimum absolute atomic E-state index is 0.110. The van der Waals surface area contributed by atoms with E-state index in [1.54, 1.807) is 6.20 Å². The molecule has 2 atom stereocenters. The third-order valence-electron chi connectivity index (χ3n) is 6.64. The van der Waals surface area contributed by atoms with E-state index in [1.165, 1.54) is 12.7 Å². The zero-order valence-corrected chi connectivity index (χ0v) is 21.1. The van der Waals surface area contributed by atoms with E-state index in [0.29, 0.717) is 16.7 Å². The summed E-state index contributed by atoms with van der Waals surface area (Å²) in [4.78, 5) is 20.7. The molecule has 2 aliphatic rings. The number of hydrogen-bond donors (Lipinski definition) is 1. The summed E-state index contributed by atoms with van der Waals surface area (Å²) in [5.41, 5.74) is 5.14. The number of nitrogens with zero attached hydrogens (tertiary/aromatic N) is 3. The van der Waals surface area contributed by atoms with Gasteiger partial charge in [-0.1, -0.05) is 23.7 Å². The lowest BCUT2D eigenvalue weighted by atomic mass is 9.86. The van der Waals surface area contributed by atoms with Crippen LogP contribution < -0.4 is 10.2 Å². The molecule has 8 heteroatoms. The number of pyridine rings is 1. The number of likely N-dealkylation sites (N-methyl/N-ethyl adjacent to an activating group) is 1. The monoisotopic (exact) mass is 484 g/mol. The van der Waals surface area contributed by atoms with Crippen molar-refractivity contribution < 1.29 is 9.53 Å². The van der Waals surface area contributed by atoms with Gasteiger partial charge in [0.1, 0.15) is 0 Å². The van der Waals surface area contributed by atoms with Crippen molar-refractivity contribution in [3.8, 4) is 0 Å². The van der Waals surface area contributed by atoms with Crippen molar-refractivity contribution in [2.75, 3.05) is 25.6 Å². The number of thiocarbonyl (C=S) groups is 1. The molecule has 4 rings (SSSR count). The first-order valence-corrected chi connectivity index (χ1v) is 11.7. The summed E-state index contributed by atoms with van der Waals surface area (Å²) in [5.74, 6) is -0.281. The molecule has 3 heterocycles. The Labute approximate surface area is 205 Å². The standard InChI is InChI=1S/C25H29ClN4O2S/c1-15-14-25(2,3)29(4)20-13-18(26)17(12-16(15)20)23-22(19-8-6-7-10-27-19)28-24(33)30(23)11-9-21(31)32-5/h6-8,10,12-14,22-23H,9,11H2,1-5H3,(H,28,33)/t22-,23+/m1/s1. The van der Waals surface area contributed by atoms with Gasteiger partial charge < -0.3 is 19.9 Å². The molecule has 6 nitrogen and oxygen atoms in total. The van der Waals surface area contributed by atoms with E-state index in [4.69, 9.17) is 28.6 Å². The van der Waals surface area contributed by atoms with Gasteiger partial charge in [-0.2, -0.15) is 0 Å². The van der Waals surface area contributed by atoms with Gasteiger partial charge in [-0.15, -0.1) is 0 Å². The number of allylic oxidation sites excluding steroid dienone is 1. The van der Waals surface area contributed by atoms with E-state index in [0.717, 1.165) is 22.5 Å². The fraction of sp³-hybridized carbons (Fsp3) is 0.400. The van der Waals surface area contributed by atoms with Crippen molar-refractivity contribution >= 4 is 46.2 Å². The summed E-state index contributed by atoms with van der Waals surface area (Å²) < 4.78 is 4.86. The van der Waals surface area contributed by atoms with Gasteiger partial charge in [-0.05, 0) is 68.4 Å². The Morgan fingerprint density at radius 2 is 2.09 bits per heavy atom. The first kappa shape index (κ1) is 23.5. The molecule has 0 radical (unpaired) electrons. The maximum absolute atomic E-state index is 11.9. The summed E-state index contributed by atoms with van der Waals surface area (Å²) in [6.45, 7) is 6.92. The summed E-state index contributed by atoms with van der Waals surface area (Å²) in [7, 11) is 3.48. The van der Waals surface area contributed by atoms with E-state index in [-0.39, 0.29) is 30.0 Å². The van der Waals surface area contributed by atoms with Crippen molar-refractivity contribution in [3.05, 3.63) is 64.4 Å². The molecule has 33 heavy (non-hydrogen) atoms. The third kappa shape index (κ3) is 4.32. The second-order valence-electron chi connectivity index (χ2n) is 9.08. The van der Waals surface area contributed by atoms with Gasteiger partial charge in [-0.3, -0.25) is 9.78 Å². The van der Waals surface area contributed by atoms with Gasteiger partial charge in [-0.25, -0.2) is 0 Å². The van der Waals surface area contributed by atoms with Gasteiger partial charge in [0.2, 0.25) is 0 Å². The summed E-state index contributed by atoms with van der Waals surface area (Å²) in [6.07, 6.45) is 4.27. The molecular formula is C25H29ClN4O2S. The number of ether oxygens (including phenoxy) is 1. The van der Waals surface area contributed by atoms with Crippen LogP contribution in [0.3, 0.4) is 0 Å². The SMILES string of the molecule is COC(=O)CCN1C(=S)N[C@H](c2ccccn2)[C@@H]1c1cc2c(cc1Cl)N(C)C(C)(C)C=C2C. The Kier molecular flexibility index (Phi) is 6.38. The number of fused-ring (bicyclic) bond motifs is 1. The maximum atomic E-state index is 11.9. The number of rotatable bonds is 5. The average Bonchev–Trinajstić information content (AvgIpc) is 3.11. The maximum Gasteiger partial charge on any atom is 0.307 e. The van der Waals surface area contributed by atoms with Gasteiger partial charge in [0.05, 0.1) is 36.8 Å². The molecule has 1 aromatic carbocycles. The van der Waals surface area contributed by atoms with Crippen molar-refractivity contribution in [2.24, 2.45) is 0 Å².